The smallest absolute Gasteiger partial charge is 0.255 e. The molecule has 0 aromatic heterocycles. The summed E-state index contributed by atoms with van der Waals surface area (Å²) in [5.74, 6) is -0.627. The van der Waals surface area contributed by atoms with Gasteiger partial charge in [-0.2, -0.15) is 0 Å². The van der Waals surface area contributed by atoms with Crippen LogP contribution in [-0.4, -0.2) is 31.6 Å². The maximum atomic E-state index is 12.4. The monoisotopic (exact) mass is 432 g/mol. The van der Waals surface area contributed by atoms with Gasteiger partial charge in [-0.15, -0.1) is 0 Å². The predicted molar refractivity (Wildman–Crippen MR) is 114 cm³/mol. The largest absolute Gasteiger partial charge is 0.381 e. The second-order valence-corrected chi connectivity index (χ2v) is 9.70. The molecular formula is C20H33ClN2O4S. The number of unbranched alkanes of at least 4 members (excludes halogenated alkanes) is 7. The number of hydrogen-bond acceptors (Lipinski definition) is 4. The highest BCUT2D eigenvalue weighted by molar-refractivity contribution is 7.89. The minimum Gasteiger partial charge on any atom is -0.381 e. The summed E-state index contributed by atoms with van der Waals surface area (Å²) < 4.78 is 27.4. The van der Waals surface area contributed by atoms with E-state index in [0.29, 0.717) is 6.54 Å². The lowest BCUT2D eigenvalue weighted by Gasteiger charge is -2.17. The fourth-order valence-electron chi connectivity index (χ4n) is 2.59. The normalized spacial score (nSPS) is 12.2. The van der Waals surface area contributed by atoms with E-state index in [-0.39, 0.29) is 15.6 Å². The maximum absolute atomic E-state index is 12.4. The van der Waals surface area contributed by atoms with Crippen LogP contribution in [0, 0.1) is 0 Å². The minimum atomic E-state index is -3.66. The van der Waals surface area contributed by atoms with Crippen molar-refractivity contribution in [2.75, 3.05) is 11.9 Å². The molecule has 0 saturated heterocycles. The van der Waals surface area contributed by atoms with E-state index >= 15 is 0 Å². The first kappa shape index (κ1) is 24.9. The first-order valence-corrected chi connectivity index (χ1v) is 11.8. The molecule has 1 aromatic rings. The number of amides is 1. The molecule has 0 atom stereocenters. The van der Waals surface area contributed by atoms with Crippen LogP contribution in [0.2, 0.25) is 5.02 Å². The van der Waals surface area contributed by atoms with Gasteiger partial charge in [0.25, 0.3) is 5.91 Å². The summed E-state index contributed by atoms with van der Waals surface area (Å²) in [5.41, 5.74) is -1.32. The zero-order valence-electron chi connectivity index (χ0n) is 17.1. The van der Waals surface area contributed by atoms with Gasteiger partial charge < -0.3 is 10.4 Å². The predicted octanol–water partition coefficient (Wildman–Crippen LogP) is 4.47. The molecule has 0 bridgehead atoms. The molecule has 0 radical (unpaired) electrons. The van der Waals surface area contributed by atoms with Crippen molar-refractivity contribution in [2.45, 2.75) is 82.6 Å². The third kappa shape index (κ3) is 8.90. The Balaban J connectivity index is 2.49. The van der Waals surface area contributed by atoms with Gasteiger partial charge in [0.1, 0.15) is 5.60 Å². The number of halogens is 1. The van der Waals surface area contributed by atoms with E-state index in [9.17, 15) is 18.3 Å². The van der Waals surface area contributed by atoms with Crippen LogP contribution in [0.3, 0.4) is 0 Å². The lowest BCUT2D eigenvalue weighted by atomic mass is 10.1. The number of carbonyl (C=O) groups excluding carboxylic acids is 1. The van der Waals surface area contributed by atoms with Crippen molar-refractivity contribution in [3.05, 3.63) is 23.2 Å². The molecule has 8 heteroatoms. The number of rotatable bonds is 13. The summed E-state index contributed by atoms with van der Waals surface area (Å²) >= 11 is 6.10. The molecular weight excluding hydrogens is 400 g/mol. The number of sulfonamides is 1. The lowest BCUT2D eigenvalue weighted by molar-refractivity contribution is -0.130. The average molecular weight is 433 g/mol. The summed E-state index contributed by atoms with van der Waals surface area (Å²) in [4.78, 5) is 11.9. The van der Waals surface area contributed by atoms with E-state index < -0.39 is 21.5 Å². The van der Waals surface area contributed by atoms with E-state index in [1.165, 1.54) is 64.2 Å². The number of carbonyl (C=O) groups is 1. The third-order valence-electron chi connectivity index (χ3n) is 4.38. The summed E-state index contributed by atoms with van der Waals surface area (Å²) in [6, 6.07) is 4.08. The van der Waals surface area contributed by atoms with Crippen molar-refractivity contribution in [1.82, 2.24) is 4.72 Å². The van der Waals surface area contributed by atoms with Crippen LogP contribution >= 0.6 is 11.6 Å². The Bertz CT molecular complexity index is 730. The van der Waals surface area contributed by atoms with E-state index in [1.54, 1.807) is 0 Å². The number of benzene rings is 1. The van der Waals surface area contributed by atoms with E-state index in [4.69, 9.17) is 11.6 Å². The Morgan fingerprint density at radius 1 is 1.07 bits per heavy atom. The van der Waals surface area contributed by atoms with Gasteiger partial charge in [0.15, 0.2) is 0 Å². The Kier molecular flexibility index (Phi) is 10.4. The fourth-order valence-corrected chi connectivity index (χ4v) is 3.98. The van der Waals surface area contributed by atoms with Gasteiger partial charge in [0.2, 0.25) is 10.0 Å². The molecule has 160 valence electrons. The van der Waals surface area contributed by atoms with E-state index in [2.05, 4.69) is 17.0 Å². The van der Waals surface area contributed by atoms with Crippen LogP contribution in [0.4, 0.5) is 5.69 Å². The molecule has 0 saturated carbocycles. The molecule has 3 N–H and O–H groups in total. The minimum absolute atomic E-state index is 0.0401. The van der Waals surface area contributed by atoms with Gasteiger partial charge in [-0.05, 0) is 38.5 Å². The molecule has 28 heavy (non-hydrogen) atoms. The Hall–Kier alpha value is -1.15. The molecule has 6 nitrogen and oxygen atoms in total. The fraction of sp³-hybridized carbons (Fsp3) is 0.650. The van der Waals surface area contributed by atoms with E-state index in [1.807, 2.05) is 0 Å². The summed E-state index contributed by atoms with van der Waals surface area (Å²) in [6.07, 6.45) is 9.14. The van der Waals surface area contributed by atoms with Crippen molar-refractivity contribution in [3.8, 4) is 0 Å². The number of hydrogen-bond donors (Lipinski definition) is 3. The topological polar surface area (TPSA) is 95.5 Å². The van der Waals surface area contributed by atoms with Crippen LogP contribution in [0.25, 0.3) is 0 Å². The average Bonchev–Trinajstić information content (AvgIpc) is 2.61. The molecule has 0 aliphatic rings. The van der Waals surface area contributed by atoms with Gasteiger partial charge in [0.05, 0.1) is 15.6 Å². The highest BCUT2D eigenvalue weighted by Crippen LogP contribution is 2.26. The van der Waals surface area contributed by atoms with Crippen LogP contribution in [0.1, 0.15) is 72.1 Å². The van der Waals surface area contributed by atoms with Crippen LogP contribution in [-0.2, 0) is 14.8 Å². The summed E-state index contributed by atoms with van der Waals surface area (Å²) in [7, 11) is -3.66. The zero-order chi connectivity index (χ0) is 21.2. The summed E-state index contributed by atoms with van der Waals surface area (Å²) in [5, 5.41) is 12.2. The SMILES string of the molecule is CCCCCCCCCCNS(=O)(=O)c1ccc(NC(=O)C(C)(C)O)c(Cl)c1. The van der Waals surface area contributed by atoms with Crippen molar-refractivity contribution >= 4 is 33.2 Å². The number of aliphatic hydroxyl groups is 1. The van der Waals surface area contributed by atoms with Gasteiger partial charge >= 0.3 is 0 Å². The van der Waals surface area contributed by atoms with Gasteiger partial charge in [-0.25, -0.2) is 13.1 Å². The highest BCUT2D eigenvalue weighted by atomic mass is 35.5. The van der Waals surface area contributed by atoms with Crippen molar-refractivity contribution < 1.29 is 18.3 Å². The van der Waals surface area contributed by atoms with Crippen LogP contribution < -0.4 is 10.0 Å². The Labute approximate surface area is 174 Å². The zero-order valence-corrected chi connectivity index (χ0v) is 18.6. The second kappa shape index (κ2) is 11.8. The van der Waals surface area contributed by atoms with Gasteiger partial charge in [-0.3, -0.25) is 4.79 Å². The molecule has 0 spiro atoms. The molecule has 1 aromatic carbocycles. The Morgan fingerprint density at radius 2 is 1.64 bits per heavy atom. The van der Waals surface area contributed by atoms with Crippen LogP contribution in [0.15, 0.2) is 23.1 Å². The highest BCUT2D eigenvalue weighted by Gasteiger charge is 2.24. The van der Waals surface area contributed by atoms with Crippen LogP contribution in [0.5, 0.6) is 0 Å². The Morgan fingerprint density at radius 3 is 2.18 bits per heavy atom. The standard InChI is InChI=1S/C20H33ClN2O4S/c1-4-5-6-7-8-9-10-11-14-22-28(26,27)16-12-13-18(17(21)15-16)23-19(24)20(2,3)25/h12-13,15,22,25H,4-11,14H2,1-3H3,(H,23,24). The first-order valence-electron chi connectivity index (χ1n) is 9.91. The quantitative estimate of drug-likeness (QED) is 0.401. The van der Waals surface area contributed by atoms with Gasteiger partial charge in [-0.1, -0.05) is 63.5 Å². The maximum Gasteiger partial charge on any atom is 0.255 e. The molecule has 1 rings (SSSR count). The van der Waals surface area contributed by atoms with Crippen molar-refractivity contribution in [2.24, 2.45) is 0 Å². The molecule has 1 amide bonds. The molecule has 0 unspecified atom stereocenters. The molecule has 0 aliphatic carbocycles. The lowest BCUT2D eigenvalue weighted by Crippen LogP contribution is -2.36. The molecule has 0 aliphatic heterocycles. The number of nitrogens with one attached hydrogen (secondary N) is 2. The second-order valence-electron chi connectivity index (χ2n) is 7.53. The summed E-state index contributed by atoms with van der Waals surface area (Å²) in [6.45, 7) is 5.28. The van der Waals surface area contributed by atoms with Gasteiger partial charge in [0, 0.05) is 6.54 Å². The van der Waals surface area contributed by atoms with Crippen molar-refractivity contribution in [1.29, 1.82) is 0 Å². The number of anilines is 1. The first-order chi connectivity index (χ1) is 13.1. The molecule has 0 fully saturated rings. The molecule has 0 heterocycles. The van der Waals surface area contributed by atoms with Crippen molar-refractivity contribution in [3.63, 3.8) is 0 Å². The van der Waals surface area contributed by atoms with E-state index in [0.717, 1.165) is 19.3 Å². The third-order valence-corrected chi connectivity index (χ3v) is 6.15.